The van der Waals surface area contributed by atoms with Crippen LogP contribution in [-0.4, -0.2) is 17.3 Å². The lowest BCUT2D eigenvalue weighted by atomic mass is 9.96. The Labute approximate surface area is 123 Å². The Hall–Kier alpha value is -2.49. The minimum atomic E-state index is 0.473. The van der Waals surface area contributed by atoms with E-state index in [-0.39, 0.29) is 0 Å². The molecule has 3 rings (SSSR count). The van der Waals surface area contributed by atoms with Crippen LogP contribution in [0.15, 0.2) is 36.4 Å². The van der Waals surface area contributed by atoms with Gasteiger partial charge in [0.2, 0.25) is 0 Å². The normalized spacial score (nSPS) is 11.2. The second-order valence-electron chi connectivity index (χ2n) is 5.48. The van der Waals surface area contributed by atoms with Crippen LogP contribution in [0.2, 0.25) is 0 Å². The second kappa shape index (κ2) is 5.13. The highest BCUT2D eigenvalue weighted by atomic mass is 16.5. The van der Waals surface area contributed by atoms with Crippen LogP contribution < -0.4 is 10.5 Å². The number of nitrogen functional groups attached to an aromatic ring is 1. The highest BCUT2D eigenvalue weighted by Crippen LogP contribution is 2.34. The molecule has 4 nitrogen and oxygen atoms in total. The van der Waals surface area contributed by atoms with Gasteiger partial charge in [-0.05, 0) is 41.3 Å². The van der Waals surface area contributed by atoms with Gasteiger partial charge < -0.3 is 10.5 Å². The van der Waals surface area contributed by atoms with E-state index in [9.17, 15) is 0 Å². The van der Waals surface area contributed by atoms with Crippen molar-refractivity contribution in [2.24, 2.45) is 0 Å². The smallest absolute Gasteiger partial charge is 0.153 e. The van der Waals surface area contributed by atoms with Crippen molar-refractivity contribution in [3.63, 3.8) is 0 Å². The molecule has 2 aromatic carbocycles. The molecule has 0 unspecified atom stereocenters. The van der Waals surface area contributed by atoms with Crippen molar-refractivity contribution >= 4 is 16.7 Å². The average molecular weight is 281 g/mol. The SMILES string of the molecule is COc1ccc(C(C)C)cc1-c1ccc2c(N)n[nH]c2c1. The first-order valence-electron chi connectivity index (χ1n) is 7.02. The Morgan fingerprint density at radius 2 is 1.95 bits per heavy atom. The Morgan fingerprint density at radius 3 is 2.67 bits per heavy atom. The van der Waals surface area contributed by atoms with Crippen LogP contribution in [0.3, 0.4) is 0 Å². The average Bonchev–Trinajstić information content (AvgIpc) is 2.87. The lowest BCUT2D eigenvalue weighted by Crippen LogP contribution is -1.93. The number of methoxy groups -OCH3 is 1. The number of aromatic amines is 1. The molecule has 0 saturated heterocycles. The van der Waals surface area contributed by atoms with Crippen LogP contribution in [0.25, 0.3) is 22.0 Å². The molecule has 0 atom stereocenters. The summed E-state index contributed by atoms with van der Waals surface area (Å²) in [4.78, 5) is 0. The van der Waals surface area contributed by atoms with Crippen LogP contribution in [0.1, 0.15) is 25.3 Å². The molecule has 108 valence electrons. The molecule has 0 aliphatic heterocycles. The van der Waals surface area contributed by atoms with Gasteiger partial charge in [0.05, 0.1) is 12.6 Å². The number of aromatic nitrogens is 2. The number of ether oxygens (including phenoxy) is 1. The molecule has 0 amide bonds. The first-order chi connectivity index (χ1) is 10.1. The fraction of sp³-hybridized carbons (Fsp3) is 0.235. The third-order valence-corrected chi connectivity index (χ3v) is 3.79. The topological polar surface area (TPSA) is 63.9 Å². The molecule has 0 spiro atoms. The molecule has 21 heavy (non-hydrogen) atoms. The minimum Gasteiger partial charge on any atom is -0.496 e. The molecule has 0 bridgehead atoms. The van der Waals surface area contributed by atoms with Crippen LogP contribution in [0.4, 0.5) is 5.82 Å². The minimum absolute atomic E-state index is 0.473. The van der Waals surface area contributed by atoms with Gasteiger partial charge in [-0.3, -0.25) is 5.10 Å². The van der Waals surface area contributed by atoms with Crippen LogP contribution >= 0.6 is 0 Å². The number of nitrogens with zero attached hydrogens (tertiary/aromatic N) is 1. The maximum absolute atomic E-state index is 5.82. The van der Waals surface area contributed by atoms with Crippen molar-refractivity contribution in [2.45, 2.75) is 19.8 Å². The second-order valence-corrected chi connectivity index (χ2v) is 5.48. The quantitative estimate of drug-likeness (QED) is 0.764. The van der Waals surface area contributed by atoms with Crippen molar-refractivity contribution in [3.8, 4) is 16.9 Å². The molecule has 0 saturated carbocycles. The summed E-state index contributed by atoms with van der Waals surface area (Å²) in [6, 6.07) is 12.4. The zero-order chi connectivity index (χ0) is 15.0. The van der Waals surface area contributed by atoms with Crippen LogP contribution in [0, 0.1) is 0 Å². The molecule has 0 fully saturated rings. The molecule has 1 aromatic heterocycles. The maximum atomic E-state index is 5.82. The fourth-order valence-electron chi connectivity index (χ4n) is 2.52. The van der Waals surface area contributed by atoms with Gasteiger partial charge in [0.15, 0.2) is 5.82 Å². The van der Waals surface area contributed by atoms with Crippen molar-refractivity contribution < 1.29 is 4.74 Å². The van der Waals surface area contributed by atoms with Crippen molar-refractivity contribution in [1.29, 1.82) is 0 Å². The number of H-pyrrole nitrogens is 1. The van der Waals surface area contributed by atoms with E-state index in [4.69, 9.17) is 10.5 Å². The Morgan fingerprint density at radius 1 is 1.14 bits per heavy atom. The number of nitrogens with two attached hydrogens (primary N) is 1. The standard InChI is InChI=1S/C17H19N3O/c1-10(2)11-5-7-16(21-3)14(8-11)12-4-6-13-15(9-12)19-20-17(13)18/h4-10H,1-3H3,(H3,18,19,20). The van der Waals surface area contributed by atoms with E-state index < -0.39 is 0 Å². The number of benzene rings is 2. The van der Waals surface area contributed by atoms with E-state index in [1.54, 1.807) is 7.11 Å². The number of hydrogen-bond acceptors (Lipinski definition) is 3. The number of nitrogens with one attached hydrogen (secondary N) is 1. The van der Waals surface area contributed by atoms with E-state index in [1.165, 1.54) is 5.56 Å². The summed E-state index contributed by atoms with van der Waals surface area (Å²) in [7, 11) is 1.70. The number of anilines is 1. The number of hydrogen-bond donors (Lipinski definition) is 2. The summed E-state index contributed by atoms with van der Waals surface area (Å²) < 4.78 is 5.50. The Balaban J connectivity index is 2.17. The van der Waals surface area contributed by atoms with E-state index in [1.807, 2.05) is 12.1 Å². The summed E-state index contributed by atoms with van der Waals surface area (Å²) >= 11 is 0. The van der Waals surface area contributed by atoms with E-state index in [0.717, 1.165) is 27.8 Å². The summed E-state index contributed by atoms with van der Waals surface area (Å²) in [6.45, 7) is 4.37. The van der Waals surface area contributed by atoms with Gasteiger partial charge in [-0.15, -0.1) is 0 Å². The molecule has 3 aromatic rings. The molecule has 0 radical (unpaired) electrons. The summed E-state index contributed by atoms with van der Waals surface area (Å²) in [5.41, 5.74) is 10.2. The summed E-state index contributed by atoms with van der Waals surface area (Å²) in [6.07, 6.45) is 0. The monoisotopic (exact) mass is 281 g/mol. The van der Waals surface area contributed by atoms with Gasteiger partial charge in [0.25, 0.3) is 0 Å². The third-order valence-electron chi connectivity index (χ3n) is 3.79. The van der Waals surface area contributed by atoms with Crippen molar-refractivity contribution in [3.05, 3.63) is 42.0 Å². The molecule has 0 aliphatic rings. The largest absolute Gasteiger partial charge is 0.496 e. The lowest BCUT2D eigenvalue weighted by molar-refractivity contribution is 0.416. The summed E-state index contributed by atoms with van der Waals surface area (Å²) in [5.74, 6) is 1.87. The van der Waals surface area contributed by atoms with Gasteiger partial charge in [-0.25, -0.2) is 0 Å². The number of rotatable bonds is 3. The molecule has 3 N–H and O–H groups in total. The highest BCUT2D eigenvalue weighted by Gasteiger charge is 2.11. The Bertz CT molecular complexity index is 790. The van der Waals surface area contributed by atoms with Gasteiger partial charge >= 0.3 is 0 Å². The molecular formula is C17H19N3O. The molecular weight excluding hydrogens is 262 g/mol. The zero-order valence-corrected chi connectivity index (χ0v) is 12.5. The first-order valence-corrected chi connectivity index (χ1v) is 7.02. The maximum Gasteiger partial charge on any atom is 0.153 e. The van der Waals surface area contributed by atoms with Crippen LogP contribution in [-0.2, 0) is 0 Å². The van der Waals surface area contributed by atoms with Crippen LogP contribution in [0.5, 0.6) is 5.75 Å². The van der Waals surface area contributed by atoms with E-state index in [2.05, 4.69) is 48.3 Å². The van der Waals surface area contributed by atoms with E-state index >= 15 is 0 Å². The molecule has 1 heterocycles. The predicted octanol–water partition coefficient (Wildman–Crippen LogP) is 3.94. The zero-order valence-electron chi connectivity index (χ0n) is 12.5. The fourth-order valence-corrected chi connectivity index (χ4v) is 2.52. The summed E-state index contributed by atoms with van der Waals surface area (Å²) in [5, 5.41) is 7.94. The van der Waals surface area contributed by atoms with Crippen molar-refractivity contribution in [1.82, 2.24) is 10.2 Å². The molecule has 4 heteroatoms. The van der Waals surface area contributed by atoms with Gasteiger partial charge in [0, 0.05) is 10.9 Å². The Kier molecular flexibility index (Phi) is 3.29. The van der Waals surface area contributed by atoms with Crippen molar-refractivity contribution in [2.75, 3.05) is 12.8 Å². The highest BCUT2D eigenvalue weighted by molar-refractivity contribution is 5.92. The predicted molar refractivity (Wildman–Crippen MR) is 86.6 cm³/mol. The third kappa shape index (κ3) is 2.33. The molecule has 0 aliphatic carbocycles. The van der Waals surface area contributed by atoms with Gasteiger partial charge in [-0.2, -0.15) is 5.10 Å². The van der Waals surface area contributed by atoms with E-state index in [0.29, 0.717) is 11.7 Å². The van der Waals surface area contributed by atoms with Gasteiger partial charge in [-0.1, -0.05) is 26.0 Å². The lowest BCUT2D eigenvalue weighted by Gasteiger charge is -2.13. The number of fused-ring (bicyclic) bond motifs is 1. The first kappa shape index (κ1) is 13.5. The van der Waals surface area contributed by atoms with Gasteiger partial charge in [0.1, 0.15) is 5.75 Å².